The van der Waals surface area contributed by atoms with Crippen LogP contribution in [-0.4, -0.2) is 68.5 Å². The fourth-order valence-corrected chi connectivity index (χ4v) is 9.35. The minimum atomic E-state index is -0.626. The third kappa shape index (κ3) is 3.46. The molecule has 7 heterocycles. The van der Waals surface area contributed by atoms with E-state index in [1.807, 2.05) is 29.0 Å². The molecule has 1 unspecified atom stereocenters. The van der Waals surface area contributed by atoms with Crippen molar-refractivity contribution in [3.63, 3.8) is 0 Å². The maximum atomic E-state index is 14.0. The van der Waals surface area contributed by atoms with Gasteiger partial charge in [-0.15, -0.1) is 22.7 Å². The number of nitrogens with zero attached hydrogens (tertiary/aromatic N) is 6. The van der Waals surface area contributed by atoms with Crippen molar-refractivity contribution in [2.24, 2.45) is 11.3 Å². The Morgan fingerprint density at radius 3 is 2.79 bits per heavy atom. The van der Waals surface area contributed by atoms with E-state index in [0.29, 0.717) is 30.3 Å². The number of amides is 1. The number of aryl methyl sites for hydroxylation is 2. The molecule has 4 aromatic heterocycles. The summed E-state index contributed by atoms with van der Waals surface area (Å²) < 4.78 is 18.9. The summed E-state index contributed by atoms with van der Waals surface area (Å²) in [5.41, 5.74) is 2.32. The van der Waals surface area contributed by atoms with Crippen LogP contribution >= 0.6 is 22.7 Å². The van der Waals surface area contributed by atoms with Gasteiger partial charge in [0.1, 0.15) is 23.0 Å². The monoisotopic (exact) mass is 603 g/mol. The van der Waals surface area contributed by atoms with E-state index in [1.165, 1.54) is 24.5 Å². The van der Waals surface area contributed by atoms with Crippen LogP contribution < -0.4 is 10.2 Å². The number of piperidine rings is 1. The van der Waals surface area contributed by atoms with Gasteiger partial charge in [-0.2, -0.15) is 0 Å². The average Bonchev–Trinajstić information content (AvgIpc) is 3.24. The lowest BCUT2D eigenvalue weighted by Gasteiger charge is -2.62. The van der Waals surface area contributed by atoms with Gasteiger partial charge >= 0.3 is 5.97 Å². The van der Waals surface area contributed by atoms with Crippen molar-refractivity contribution in [2.45, 2.75) is 38.3 Å². The number of nitrogens with one attached hydrogen (secondary N) is 1. The first-order valence-corrected chi connectivity index (χ1v) is 15.4. The van der Waals surface area contributed by atoms with Gasteiger partial charge in [-0.25, -0.2) is 29.1 Å². The first-order valence-electron chi connectivity index (χ1n) is 13.7. The van der Waals surface area contributed by atoms with Gasteiger partial charge in [-0.1, -0.05) is 0 Å². The molecule has 214 valence electrons. The molecule has 4 bridgehead atoms. The number of hydrogen-bond donors (Lipinski definition) is 1. The zero-order chi connectivity index (χ0) is 29.0. The number of fused-ring (bicyclic) bond motifs is 2. The van der Waals surface area contributed by atoms with Gasteiger partial charge in [0.05, 0.1) is 45.7 Å². The van der Waals surface area contributed by atoms with Crippen LogP contribution in [0, 0.1) is 31.0 Å². The van der Waals surface area contributed by atoms with Gasteiger partial charge in [-0.3, -0.25) is 4.79 Å². The highest BCUT2D eigenvalue weighted by Crippen LogP contribution is 2.84. The Kier molecular flexibility index (Phi) is 5.37. The van der Waals surface area contributed by atoms with Gasteiger partial charge in [0, 0.05) is 36.1 Å². The van der Waals surface area contributed by atoms with E-state index in [2.05, 4.69) is 20.3 Å². The van der Waals surface area contributed by atoms with Crippen LogP contribution in [-0.2, 0) is 4.74 Å². The number of ether oxygens (including phenoxy) is 1. The second-order valence-electron chi connectivity index (χ2n) is 11.6. The number of halogens is 1. The second kappa shape index (κ2) is 8.77. The standard InChI is InChI=1S/C29H26FN7O3S2/c1-14-22(42-15(2)33-14)20-11-41-27(34-20)35-21-5-4-16(8-31-21)25(38)37-23-17-7-28(23)12-29(28,37)13-36(10-17)24-19(26(39)40-3)6-18(30)9-32-24/h4-6,8-9,11,17,23H,7,10,12-13H2,1-3H3,(H,31,34,35)/t17-,23-,28?,29+/m1/s1. The van der Waals surface area contributed by atoms with Gasteiger partial charge in [-0.05, 0) is 50.8 Å². The van der Waals surface area contributed by atoms with E-state index in [0.717, 1.165) is 45.4 Å². The smallest absolute Gasteiger partial charge is 0.341 e. The molecule has 0 aromatic carbocycles. The molecule has 2 saturated carbocycles. The molecule has 5 aliphatic rings. The summed E-state index contributed by atoms with van der Waals surface area (Å²) in [5, 5.41) is 6.97. The highest BCUT2D eigenvalue weighted by molar-refractivity contribution is 7.16. The predicted octanol–water partition coefficient (Wildman–Crippen LogP) is 4.84. The highest BCUT2D eigenvalue weighted by atomic mass is 32.1. The lowest BCUT2D eigenvalue weighted by Crippen LogP contribution is -2.74. The van der Waals surface area contributed by atoms with E-state index < -0.39 is 11.8 Å². The fraction of sp³-hybridized carbons (Fsp3) is 0.379. The largest absolute Gasteiger partial charge is 0.465 e. The van der Waals surface area contributed by atoms with Crippen molar-refractivity contribution in [1.82, 2.24) is 24.8 Å². The zero-order valence-electron chi connectivity index (χ0n) is 23.0. The summed E-state index contributed by atoms with van der Waals surface area (Å²) in [6, 6.07) is 4.94. The van der Waals surface area contributed by atoms with E-state index in [-0.39, 0.29) is 34.4 Å². The first kappa shape index (κ1) is 25.7. The summed E-state index contributed by atoms with van der Waals surface area (Å²) in [7, 11) is 1.27. The van der Waals surface area contributed by atoms with Gasteiger partial charge in [0.15, 0.2) is 5.13 Å². The quantitative estimate of drug-likeness (QED) is 0.310. The third-order valence-corrected chi connectivity index (χ3v) is 11.2. The Morgan fingerprint density at radius 2 is 2.05 bits per heavy atom. The number of carbonyl (C=O) groups excluding carboxylic acids is 2. The van der Waals surface area contributed by atoms with Crippen LogP contribution in [0.2, 0.25) is 0 Å². The molecule has 10 nitrogen and oxygen atoms in total. The molecule has 0 radical (unpaired) electrons. The average molecular weight is 604 g/mol. The van der Waals surface area contributed by atoms with Crippen molar-refractivity contribution in [3.8, 4) is 10.6 Å². The predicted molar refractivity (Wildman–Crippen MR) is 156 cm³/mol. The lowest BCUT2D eigenvalue weighted by molar-refractivity contribution is -0.116. The Bertz CT molecular complexity index is 1790. The van der Waals surface area contributed by atoms with Crippen LogP contribution in [0.1, 0.15) is 44.3 Å². The van der Waals surface area contributed by atoms with Crippen LogP contribution in [0.4, 0.5) is 21.2 Å². The number of thiazole rings is 2. The van der Waals surface area contributed by atoms with Crippen molar-refractivity contribution in [2.75, 3.05) is 30.4 Å². The summed E-state index contributed by atoms with van der Waals surface area (Å²) >= 11 is 3.12. The van der Waals surface area contributed by atoms with Crippen molar-refractivity contribution in [1.29, 1.82) is 0 Å². The Morgan fingerprint density at radius 1 is 1.19 bits per heavy atom. The third-order valence-electron chi connectivity index (χ3n) is 9.34. The van der Waals surface area contributed by atoms with Crippen molar-refractivity contribution < 1.29 is 18.7 Å². The lowest BCUT2D eigenvalue weighted by atomic mass is 9.58. The molecular formula is C29H26FN7O3S2. The summed E-state index contributed by atoms with van der Waals surface area (Å²) in [6.45, 7) is 5.17. The van der Waals surface area contributed by atoms with E-state index in [4.69, 9.17) is 9.72 Å². The number of aromatic nitrogens is 4. The molecule has 4 atom stereocenters. The molecule has 5 fully saturated rings. The van der Waals surface area contributed by atoms with Crippen LogP contribution in [0.3, 0.4) is 0 Å². The summed E-state index contributed by atoms with van der Waals surface area (Å²) in [5.74, 6) is 0.0207. The van der Waals surface area contributed by atoms with Gasteiger partial charge in [0.2, 0.25) is 0 Å². The molecular weight excluding hydrogens is 577 g/mol. The Hall–Kier alpha value is -3.97. The first-order chi connectivity index (χ1) is 20.2. The van der Waals surface area contributed by atoms with E-state index in [9.17, 15) is 14.0 Å². The number of esters is 1. The number of rotatable bonds is 6. The molecule has 1 amide bonds. The molecule has 42 heavy (non-hydrogen) atoms. The van der Waals surface area contributed by atoms with Crippen molar-refractivity contribution in [3.05, 3.63) is 63.6 Å². The van der Waals surface area contributed by atoms with Crippen LogP contribution in [0.5, 0.6) is 0 Å². The Labute approximate surface area is 248 Å². The molecule has 9 rings (SSSR count). The number of anilines is 3. The van der Waals surface area contributed by atoms with E-state index in [1.54, 1.807) is 29.7 Å². The van der Waals surface area contributed by atoms with Crippen LogP contribution in [0.15, 0.2) is 36.0 Å². The topological polar surface area (TPSA) is 113 Å². The van der Waals surface area contributed by atoms with Gasteiger partial charge in [0.25, 0.3) is 5.91 Å². The molecule has 2 aliphatic carbocycles. The van der Waals surface area contributed by atoms with Gasteiger partial charge < -0.3 is 19.9 Å². The van der Waals surface area contributed by atoms with Crippen molar-refractivity contribution >= 4 is 51.3 Å². The summed E-state index contributed by atoms with van der Waals surface area (Å²) in [6.07, 6.45) is 4.71. The fourth-order valence-electron chi connectivity index (χ4n) is 7.68. The number of methoxy groups -OCH3 is 1. The number of hydrogen-bond acceptors (Lipinski definition) is 11. The molecule has 13 heteroatoms. The molecule has 4 aromatic rings. The zero-order valence-corrected chi connectivity index (χ0v) is 24.7. The minimum absolute atomic E-state index is 0.0356. The SMILES string of the molecule is COC(=O)c1cc(F)cnc1N1C[C@H]2CC34C[C@@]3(C1)N(C(=O)c1ccc(Nc3nc(-c5sc(C)nc5C)cs3)nc1)[C@H]24. The second-order valence-corrected chi connectivity index (χ2v) is 13.6. The summed E-state index contributed by atoms with van der Waals surface area (Å²) in [4.78, 5) is 49.4. The maximum absolute atomic E-state index is 14.0. The highest BCUT2D eigenvalue weighted by Gasteiger charge is 2.92. The maximum Gasteiger partial charge on any atom is 0.341 e. The molecule has 2 spiro atoms. The Balaban J connectivity index is 1.01. The molecule has 1 N–H and O–H groups in total. The van der Waals surface area contributed by atoms with Crippen LogP contribution in [0.25, 0.3) is 10.6 Å². The number of carbonyl (C=O) groups is 2. The molecule has 3 aliphatic heterocycles. The normalized spacial score (nSPS) is 26.5. The number of pyridine rings is 2. The molecule has 3 saturated heterocycles. The minimum Gasteiger partial charge on any atom is -0.465 e. The van der Waals surface area contributed by atoms with E-state index >= 15 is 0 Å².